The summed E-state index contributed by atoms with van der Waals surface area (Å²) in [5.74, 6) is 0.678. The Kier molecular flexibility index (Phi) is 4.39. The topological polar surface area (TPSA) is 50.8 Å². The fourth-order valence-electron chi connectivity index (χ4n) is 2.34. The zero-order chi connectivity index (χ0) is 13.8. The Morgan fingerprint density at radius 2 is 2.32 bits per heavy atom. The second kappa shape index (κ2) is 6.04. The van der Waals surface area contributed by atoms with Crippen LogP contribution in [-0.4, -0.2) is 45.9 Å². The van der Waals surface area contributed by atoms with E-state index in [4.69, 9.17) is 9.47 Å². The molecule has 1 fully saturated rings. The fraction of sp³-hybridized carbons (Fsp3) is 0.500. The first-order chi connectivity index (χ1) is 9.17. The number of amides is 1. The molecule has 0 bridgehead atoms. The molecule has 0 saturated carbocycles. The predicted octanol–water partition coefficient (Wildman–Crippen LogP) is 0.955. The van der Waals surface area contributed by atoms with Crippen LogP contribution < -0.4 is 15.0 Å². The lowest BCUT2D eigenvalue weighted by Gasteiger charge is -2.36. The van der Waals surface area contributed by atoms with E-state index in [1.165, 1.54) is 0 Å². The molecule has 1 saturated heterocycles. The molecule has 1 amide bonds. The number of ether oxygens (including phenoxy) is 2. The highest BCUT2D eigenvalue weighted by Crippen LogP contribution is 2.32. The van der Waals surface area contributed by atoms with Gasteiger partial charge in [-0.3, -0.25) is 4.79 Å². The number of aryl methyl sites for hydroxylation is 1. The zero-order valence-corrected chi connectivity index (χ0v) is 11.6. The number of carbonyl (C=O) groups is 1. The molecule has 0 radical (unpaired) electrons. The Bertz CT molecular complexity index is 460. The molecule has 1 heterocycles. The molecule has 19 heavy (non-hydrogen) atoms. The molecular weight excluding hydrogens is 244 g/mol. The molecule has 2 rings (SSSR count). The van der Waals surface area contributed by atoms with E-state index in [1.54, 1.807) is 12.0 Å². The lowest BCUT2D eigenvalue weighted by Crippen LogP contribution is -2.53. The largest absolute Gasteiger partial charge is 0.495 e. The van der Waals surface area contributed by atoms with Crippen molar-refractivity contribution in [3.05, 3.63) is 23.8 Å². The summed E-state index contributed by atoms with van der Waals surface area (Å²) in [6, 6.07) is 5.83. The number of methoxy groups -OCH3 is 1. The van der Waals surface area contributed by atoms with Crippen molar-refractivity contribution in [3.63, 3.8) is 0 Å². The molecule has 1 aliphatic heterocycles. The third-order valence-electron chi connectivity index (χ3n) is 3.20. The summed E-state index contributed by atoms with van der Waals surface area (Å²) in [5, 5.41) is 3.10. The van der Waals surface area contributed by atoms with Gasteiger partial charge in [0, 0.05) is 6.54 Å². The number of carbonyl (C=O) groups excluding carboxylic acids is 1. The summed E-state index contributed by atoms with van der Waals surface area (Å²) in [6.07, 6.45) is 0. The summed E-state index contributed by atoms with van der Waals surface area (Å²) in [4.78, 5) is 14.0. The van der Waals surface area contributed by atoms with Crippen LogP contribution in [0.5, 0.6) is 5.75 Å². The van der Waals surface area contributed by atoms with Crippen molar-refractivity contribution >= 4 is 11.6 Å². The van der Waals surface area contributed by atoms with Gasteiger partial charge in [0.25, 0.3) is 5.91 Å². The van der Waals surface area contributed by atoms with Crippen molar-refractivity contribution in [1.82, 2.24) is 5.32 Å². The summed E-state index contributed by atoms with van der Waals surface area (Å²) in [5.41, 5.74) is 1.91. The fourth-order valence-corrected chi connectivity index (χ4v) is 2.34. The second-order valence-corrected chi connectivity index (χ2v) is 4.67. The summed E-state index contributed by atoms with van der Waals surface area (Å²) < 4.78 is 10.7. The average molecular weight is 264 g/mol. The Balaban J connectivity index is 2.40. The monoisotopic (exact) mass is 264 g/mol. The molecule has 5 nitrogen and oxygen atoms in total. The molecule has 0 aliphatic carbocycles. The van der Waals surface area contributed by atoms with E-state index in [0.29, 0.717) is 18.9 Å². The molecule has 1 aromatic carbocycles. The van der Waals surface area contributed by atoms with Crippen LogP contribution in [0.25, 0.3) is 0 Å². The number of nitrogens with zero attached hydrogens (tertiary/aromatic N) is 1. The van der Waals surface area contributed by atoms with Crippen LogP contribution in [0.1, 0.15) is 5.56 Å². The number of nitrogens with one attached hydrogen (secondary N) is 1. The minimum absolute atomic E-state index is 0.0121. The number of morpholine rings is 1. The highest BCUT2D eigenvalue weighted by Gasteiger charge is 2.31. The van der Waals surface area contributed by atoms with Crippen molar-refractivity contribution in [1.29, 1.82) is 0 Å². The van der Waals surface area contributed by atoms with Crippen LogP contribution in [0.15, 0.2) is 18.2 Å². The van der Waals surface area contributed by atoms with E-state index >= 15 is 0 Å². The SMILES string of the molecule is CNCC1COCC(=O)N1c1cc(C)ccc1OC. The molecular formula is C14H20N2O3. The normalized spacial score (nSPS) is 19.6. The van der Waals surface area contributed by atoms with Crippen molar-refractivity contribution in [2.75, 3.05) is 38.8 Å². The van der Waals surface area contributed by atoms with Gasteiger partial charge in [-0.1, -0.05) is 6.07 Å². The van der Waals surface area contributed by atoms with E-state index in [1.807, 2.05) is 32.2 Å². The minimum atomic E-state index is -0.0320. The maximum atomic E-state index is 12.2. The van der Waals surface area contributed by atoms with E-state index in [2.05, 4.69) is 5.32 Å². The van der Waals surface area contributed by atoms with Crippen molar-refractivity contribution in [2.24, 2.45) is 0 Å². The number of rotatable bonds is 4. The molecule has 1 aromatic rings. The van der Waals surface area contributed by atoms with E-state index < -0.39 is 0 Å². The quantitative estimate of drug-likeness (QED) is 0.880. The third-order valence-corrected chi connectivity index (χ3v) is 3.20. The number of benzene rings is 1. The van der Waals surface area contributed by atoms with Gasteiger partial charge in [-0.15, -0.1) is 0 Å². The van der Waals surface area contributed by atoms with E-state index in [9.17, 15) is 4.79 Å². The van der Waals surface area contributed by atoms with Gasteiger partial charge in [0.1, 0.15) is 12.4 Å². The van der Waals surface area contributed by atoms with Crippen LogP contribution in [-0.2, 0) is 9.53 Å². The number of anilines is 1. The van der Waals surface area contributed by atoms with E-state index in [0.717, 1.165) is 11.3 Å². The molecule has 104 valence electrons. The Hall–Kier alpha value is -1.59. The van der Waals surface area contributed by atoms with Gasteiger partial charge in [0.2, 0.25) is 0 Å². The highest BCUT2D eigenvalue weighted by molar-refractivity contribution is 5.97. The van der Waals surface area contributed by atoms with Gasteiger partial charge >= 0.3 is 0 Å². The lowest BCUT2D eigenvalue weighted by atomic mass is 10.1. The average Bonchev–Trinajstić information content (AvgIpc) is 2.39. The van der Waals surface area contributed by atoms with Gasteiger partial charge in [0.05, 0.1) is 25.4 Å². The maximum Gasteiger partial charge on any atom is 0.253 e. The zero-order valence-electron chi connectivity index (χ0n) is 11.6. The Morgan fingerprint density at radius 1 is 1.53 bits per heavy atom. The molecule has 1 aliphatic rings. The van der Waals surface area contributed by atoms with Crippen LogP contribution in [0.2, 0.25) is 0 Å². The maximum absolute atomic E-state index is 12.2. The molecule has 0 spiro atoms. The predicted molar refractivity (Wildman–Crippen MR) is 73.8 cm³/mol. The van der Waals surface area contributed by atoms with Gasteiger partial charge < -0.3 is 19.7 Å². The molecule has 1 atom stereocenters. The van der Waals surface area contributed by atoms with Crippen LogP contribution >= 0.6 is 0 Å². The van der Waals surface area contributed by atoms with Crippen molar-refractivity contribution in [3.8, 4) is 5.75 Å². The molecule has 5 heteroatoms. The van der Waals surface area contributed by atoms with Crippen molar-refractivity contribution < 1.29 is 14.3 Å². The van der Waals surface area contributed by atoms with Crippen LogP contribution in [0.4, 0.5) is 5.69 Å². The summed E-state index contributed by atoms with van der Waals surface area (Å²) in [7, 11) is 3.48. The number of hydrogen-bond donors (Lipinski definition) is 1. The number of hydrogen-bond acceptors (Lipinski definition) is 4. The van der Waals surface area contributed by atoms with Crippen molar-refractivity contribution in [2.45, 2.75) is 13.0 Å². The molecule has 1 N–H and O–H groups in total. The van der Waals surface area contributed by atoms with Gasteiger partial charge in [0.15, 0.2) is 0 Å². The summed E-state index contributed by atoms with van der Waals surface area (Å²) in [6.45, 7) is 3.34. The Morgan fingerprint density at radius 3 is 3.00 bits per heavy atom. The third kappa shape index (κ3) is 2.88. The lowest BCUT2D eigenvalue weighted by molar-refractivity contribution is -0.127. The van der Waals surface area contributed by atoms with Gasteiger partial charge in [-0.25, -0.2) is 0 Å². The highest BCUT2D eigenvalue weighted by atomic mass is 16.5. The smallest absolute Gasteiger partial charge is 0.253 e. The first-order valence-corrected chi connectivity index (χ1v) is 6.36. The number of likely N-dealkylation sites (N-methyl/N-ethyl adjacent to an activating group) is 1. The minimum Gasteiger partial charge on any atom is -0.495 e. The standard InChI is InChI=1S/C14H20N2O3/c1-10-4-5-13(18-3)12(6-10)16-11(7-15-2)8-19-9-14(16)17/h4-6,11,15H,7-9H2,1-3H3. The second-order valence-electron chi connectivity index (χ2n) is 4.67. The Labute approximate surface area is 113 Å². The first kappa shape index (κ1) is 13.8. The van der Waals surface area contributed by atoms with Gasteiger partial charge in [-0.2, -0.15) is 0 Å². The summed E-state index contributed by atoms with van der Waals surface area (Å²) >= 11 is 0. The first-order valence-electron chi connectivity index (χ1n) is 6.36. The van der Waals surface area contributed by atoms with Crippen LogP contribution in [0, 0.1) is 6.92 Å². The van der Waals surface area contributed by atoms with E-state index in [-0.39, 0.29) is 18.6 Å². The van der Waals surface area contributed by atoms with Crippen LogP contribution in [0.3, 0.4) is 0 Å². The molecule has 1 unspecified atom stereocenters. The molecule has 0 aromatic heterocycles. The van der Waals surface area contributed by atoms with Gasteiger partial charge in [-0.05, 0) is 31.7 Å².